The minimum atomic E-state index is -4.14. The van der Waals surface area contributed by atoms with Gasteiger partial charge < -0.3 is 10.2 Å². The Morgan fingerprint density at radius 2 is 1.55 bits per heavy atom. The van der Waals surface area contributed by atoms with Gasteiger partial charge in [0.05, 0.1) is 20.6 Å². The van der Waals surface area contributed by atoms with Crippen molar-refractivity contribution in [3.63, 3.8) is 0 Å². The summed E-state index contributed by atoms with van der Waals surface area (Å²) in [6.45, 7) is 6.82. The molecule has 0 bridgehead atoms. The number of amides is 2. The molecule has 0 aliphatic heterocycles. The minimum absolute atomic E-state index is 0.0419. The van der Waals surface area contributed by atoms with Crippen LogP contribution in [0.25, 0.3) is 0 Å². The maximum atomic E-state index is 14.2. The quantitative estimate of drug-likeness (QED) is 0.274. The summed E-state index contributed by atoms with van der Waals surface area (Å²) in [6, 6.07) is 16.1. The third kappa shape index (κ3) is 7.46. The number of carbonyl (C=O) groups is 2. The molecule has 0 unspecified atom stereocenters. The highest BCUT2D eigenvalue weighted by Crippen LogP contribution is 2.29. The molecule has 1 N–H and O–H groups in total. The van der Waals surface area contributed by atoms with Gasteiger partial charge in [-0.15, -0.1) is 0 Å². The van der Waals surface area contributed by atoms with E-state index >= 15 is 0 Å². The van der Waals surface area contributed by atoms with E-state index in [2.05, 4.69) is 5.32 Å². The third-order valence-corrected chi connectivity index (χ3v) is 10.2. The van der Waals surface area contributed by atoms with Gasteiger partial charge in [-0.25, -0.2) is 8.42 Å². The highest BCUT2D eigenvalue weighted by Gasteiger charge is 2.34. The molecule has 1 atom stereocenters. The summed E-state index contributed by atoms with van der Waals surface area (Å²) in [5.74, 6) is -0.805. The summed E-state index contributed by atoms with van der Waals surface area (Å²) >= 11 is 12.4. The second-order valence-corrected chi connectivity index (χ2v) is 13.7. The Hall–Kier alpha value is -3.07. The molecule has 10 heteroatoms. The zero-order chi connectivity index (χ0) is 30.6. The maximum Gasteiger partial charge on any atom is 0.264 e. The molecule has 0 heterocycles. The van der Waals surface area contributed by atoms with Crippen LogP contribution in [-0.2, 0) is 26.2 Å². The molecule has 0 radical (unpaired) electrons. The van der Waals surface area contributed by atoms with Gasteiger partial charge in [0.15, 0.2) is 0 Å². The molecule has 0 spiro atoms. The number of nitrogens with zero attached hydrogens (tertiary/aromatic N) is 2. The standard InChI is InChI=1S/C32H37Cl2N3O4S/c1-21-9-13-27(14-10-21)42(40,41)37(30-16-11-22(2)17-23(30)3)20-31(38)36(19-25-12-15-28(33)29(34)18-25)24(4)32(39)35-26-7-5-6-8-26/h9-18,24,26H,5-8,19-20H2,1-4H3,(H,35,39)/t24-/m0/s1. The van der Waals surface area contributed by atoms with Gasteiger partial charge in [0.25, 0.3) is 10.0 Å². The molecule has 0 saturated heterocycles. The lowest BCUT2D eigenvalue weighted by molar-refractivity contribution is -0.139. The molecule has 1 fully saturated rings. The van der Waals surface area contributed by atoms with Gasteiger partial charge in [0, 0.05) is 12.6 Å². The lowest BCUT2D eigenvalue weighted by atomic mass is 10.1. The van der Waals surface area contributed by atoms with Crippen molar-refractivity contribution < 1.29 is 18.0 Å². The van der Waals surface area contributed by atoms with Crippen LogP contribution >= 0.6 is 23.2 Å². The molecule has 2 amide bonds. The molecule has 1 saturated carbocycles. The van der Waals surface area contributed by atoms with Crippen LogP contribution in [0.1, 0.15) is 54.9 Å². The molecule has 4 rings (SSSR count). The first-order valence-electron chi connectivity index (χ1n) is 14.1. The predicted molar refractivity (Wildman–Crippen MR) is 168 cm³/mol. The molecule has 42 heavy (non-hydrogen) atoms. The highest BCUT2D eigenvalue weighted by molar-refractivity contribution is 7.92. The normalized spacial score (nSPS) is 14.4. The van der Waals surface area contributed by atoms with Gasteiger partial charge in [-0.05, 0) is 82.0 Å². The van der Waals surface area contributed by atoms with E-state index in [1.165, 1.54) is 17.0 Å². The number of carbonyl (C=O) groups excluding carboxylic acids is 2. The number of benzene rings is 3. The largest absolute Gasteiger partial charge is 0.352 e. The molecule has 7 nitrogen and oxygen atoms in total. The van der Waals surface area contributed by atoms with E-state index in [1.807, 2.05) is 32.9 Å². The molecule has 3 aromatic rings. The van der Waals surface area contributed by atoms with E-state index in [-0.39, 0.29) is 23.4 Å². The number of hydrogen-bond donors (Lipinski definition) is 1. The molecule has 3 aromatic carbocycles. The maximum absolute atomic E-state index is 14.2. The number of rotatable bonds is 10. The van der Waals surface area contributed by atoms with Gasteiger partial charge >= 0.3 is 0 Å². The number of sulfonamides is 1. The zero-order valence-corrected chi connectivity index (χ0v) is 26.7. The van der Waals surface area contributed by atoms with E-state index in [0.717, 1.165) is 41.1 Å². The Bertz CT molecular complexity index is 1550. The first kappa shape index (κ1) is 31.9. The first-order chi connectivity index (χ1) is 19.9. The average molecular weight is 631 g/mol. The molecule has 0 aromatic heterocycles. The first-order valence-corrected chi connectivity index (χ1v) is 16.3. The van der Waals surface area contributed by atoms with E-state index in [0.29, 0.717) is 26.9 Å². The van der Waals surface area contributed by atoms with Crippen molar-refractivity contribution in [1.29, 1.82) is 0 Å². The summed E-state index contributed by atoms with van der Waals surface area (Å²) in [4.78, 5) is 29.0. The number of hydrogen-bond acceptors (Lipinski definition) is 4. The second-order valence-electron chi connectivity index (χ2n) is 11.1. The average Bonchev–Trinajstić information content (AvgIpc) is 3.45. The minimum Gasteiger partial charge on any atom is -0.352 e. The Morgan fingerprint density at radius 1 is 0.905 bits per heavy atom. The van der Waals surface area contributed by atoms with Crippen molar-refractivity contribution in [1.82, 2.24) is 10.2 Å². The summed E-state index contributed by atoms with van der Waals surface area (Å²) in [6.07, 6.45) is 3.89. The van der Waals surface area contributed by atoms with Crippen LogP contribution in [0.15, 0.2) is 65.6 Å². The smallest absolute Gasteiger partial charge is 0.264 e. The number of aryl methyl sites for hydroxylation is 3. The van der Waals surface area contributed by atoms with E-state index < -0.39 is 28.5 Å². The monoisotopic (exact) mass is 629 g/mol. The second kappa shape index (κ2) is 13.5. The van der Waals surface area contributed by atoms with Crippen molar-refractivity contribution in [3.05, 3.63) is 93.0 Å². The Labute approximate surface area is 258 Å². The van der Waals surface area contributed by atoms with E-state index in [4.69, 9.17) is 23.2 Å². The molecular formula is C32H37Cl2N3O4S. The van der Waals surface area contributed by atoms with E-state index in [1.54, 1.807) is 43.3 Å². The Kier molecular flexibility index (Phi) is 10.2. The SMILES string of the molecule is Cc1ccc(S(=O)(=O)N(CC(=O)N(Cc2ccc(Cl)c(Cl)c2)[C@@H](C)C(=O)NC2CCCC2)c2ccc(C)cc2C)cc1. The van der Waals surface area contributed by atoms with Gasteiger partial charge in [-0.3, -0.25) is 13.9 Å². The van der Waals surface area contributed by atoms with Crippen molar-refractivity contribution in [2.45, 2.75) is 76.9 Å². The lowest BCUT2D eigenvalue weighted by Crippen LogP contribution is -2.52. The number of nitrogens with one attached hydrogen (secondary N) is 1. The molecule has 224 valence electrons. The summed E-state index contributed by atoms with van der Waals surface area (Å²) in [7, 11) is -4.14. The van der Waals surface area contributed by atoms with Crippen molar-refractivity contribution >= 4 is 50.7 Å². The number of halogens is 2. The Balaban J connectivity index is 1.72. The van der Waals surface area contributed by atoms with Crippen LogP contribution in [0.5, 0.6) is 0 Å². The summed E-state index contributed by atoms with van der Waals surface area (Å²) < 4.78 is 29.3. The fraction of sp³-hybridized carbons (Fsp3) is 0.375. The molecule has 1 aliphatic carbocycles. The van der Waals surface area contributed by atoms with Gasteiger partial charge in [-0.1, -0.05) is 77.5 Å². The Morgan fingerprint density at radius 3 is 2.17 bits per heavy atom. The summed E-state index contributed by atoms with van der Waals surface area (Å²) in [5, 5.41) is 3.76. The lowest BCUT2D eigenvalue weighted by Gasteiger charge is -2.33. The zero-order valence-electron chi connectivity index (χ0n) is 24.4. The van der Waals surface area contributed by atoms with E-state index in [9.17, 15) is 18.0 Å². The van der Waals surface area contributed by atoms with Crippen LogP contribution in [0.2, 0.25) is 10.0 Å². The number of anilines is 1. The summed E-state index contributed by atoms with van der Waals surface area (Å²) in [5.41, 5.74) is 3.65. The van der Waals surface area contributed by atoms with Crippen LogP contribution in [0.3, 0.4) is 0 Å². The fourth-order valence-electron chi connectivity index (χ4n) is 5.25. The van der Waals surface area contributed by atoms with Crippen molar-refractivity contribution in [2.24, 2.45) is 0 Å². The molecule has 1 aliphatic rings. The fourth-order valence-corrected chi connectivity index (χ4v) is 7.04. The van der Waals surface area contributed by atoms with Gasteiger partial charge in [0.2, 0.25) is 11.8 Å². The topological polar surface area (TPSA) is 86.8 Å². The van der Waals surface area contributed by atoms with Gasteiger partial charge in [0.1, 0.15) is 12.6 Å². The van der Waals surface area contributed by atoms with Crippen molar-refractivity contribution in [3.8, 4) is 0 Å². The third-order valence-electron chi connectivity index (χ3n) is 7.71. The van der Waals surface area contributed by atoms with Crippen LogP contribution in [0, 0.1) is 20.8 Å². The highest BCUT2D eigenvalue weighted by atomic mass is 35.5. The van der Waals surface area contributed by atoms with Gasteiger partial charge in [-0.2, -0.15) is 0 Å². The molecular weight excluding hydrogens is 593 g/mol. The van der Waals surface area contributed by atoms with Crippen LogP contribution in [0.4, 0.5) is 5.69 Å². The van der Waals surface area contributed by atoms with Crippen LogP contribution < -0.4 is 9.62 Å². The van der Waals surface area contributed by atoms with Crippen LogP contribution in [-0.4, -0.2) is 43.8 Å². The van der Waals surface area contributed by atoms with Crippen molar-refractivity contribution in [2.75, 3.05) is 10.8 Å². The predicted octanol–water partition coefficient (Wildman–Crippen LogP) is 6.59.